The molecular formula is C17H26BrN3O4. The van der Waals surface area contributed by atoms with E-state index in [1.54, 1.807) is 12.3 Å². The number of amides is 3. The third-order valence-electron chi connectivity index (χ3n) is 3.63. The lowest BCUT2D eigenvalue weighted by atomic mass is 10.0. The number of carboxylic acids is 1. The van der Waals surface area contributed by atoms with Gasteiger partial charge in [-0.25, -0.2) is 14.6 Å². The van der Waals surface area contributed by atoms with Gasteiger partial charge >= 0.3 is 12.0 Å². The number of aromatic nitrogens is 1. The predicted molar refractivity (Wildman–Crippen MR) is 99.8 cm³/mol. The minimum Gasteiger partial charge on any atom is -0.477 e. The highest BCUT2D eigenvalue weighted by atomic mass is 79.9. The Morgan fingerprint density at radius 1 is 1.24 bits per heavy atom. The number of unbranched alkanes of at least 4 members (excludes halogenated alkanes) is 1. The number of aromatic carboxylic acids is 1. The van der Waals surface area contributed by atoms with Crippen molar-refractivity contribution in [2.45, 2.75) is 57.2 Å². The van der Waals surface area contributed by atoms with Crippen LogP contribution in [0.5, 0.6) is 0 Å². The van der Waals surface area contributed by atoms with Crippen molar-refractivity contribution in [1.82, 2.24) is 10.3 Å². The van der Waals surface area contributed by atoms with E-state index < -0.39 is 16.3 Å². The second-order valence-electron chi connectivity index (χ2n) is 5.45. The Morgan fingerprint density at radius 3 is 2.20 bits per heavy atom. The van der Waals surface area contributed by atoms with Crippen molar-refractivity contribution >= 4 is 33.8 Å². The van der Waals surface area contributed by atoms with Gasteiger partial charge in [0.1, 0.15) is 10.0 Å². The quantitative estimate of drug-likeness (QED) is 0.589. The number of urea groups is 1. The Kier molecular flexibility index (Phi) is 10.7. The molecule has 0 aliphatic heterocycles. The van der Waals surface area contributed by atoms with Crippen molar-refractivity contribution in [2.75, 3.05) is 0 Å². The van der Waals surface area contributed by atoms with Crippen LogP contribution >= 0.6 is 15.9 Å². The highest BCUT2D eigenvalue weighted by Gasteiger charge is 2.32. The van der Waals surface area contributed by atoms with E-state index in [1.807, 2.05) is 25.2 Å². The van der Waals surface area contributed by atoms with Crippen molar-refractivity contribution in [3.05, 3.63) is 29.6 Å². The summed E-state index contributed by atoms with van der Waals surface area (Å²) in [6.45, 7) is 5.84. The number of carboxylic acid groups (broad SMARTS) is 1. The number of carbonyl (C=O) groups excluding carboxylic acids is 2. The topological polar surface area (TPSA) is 122 Å². The number of nitrogens with zero attached hydrogens (tertiary/aromatic N) is 1. The maximum atomic E-state index is 11.3. The Bertz CT molecular complexity index is 572. The van der Waals surface area contributed by atoms with Crippen LogP contribution in [0.3, 0.4) is 0 Å². The Labute approximate surface area is 156 Å². The Balaban J connectivity index is 0.000000463. The molecule has 1 aromatic rings. The molecule has 0 radical (unpaired) electrons. The van der Waals surface area contributed by atoms with Gasteiger partial charge in [0.25, 0.3) is 0 Å². The van der Waals surface area contributed by atoms with Gasteiger partial charge in [-0.05, 0) is 37.3 Å². The third-order valence-corrected chi connectivity index (χ3v) is 5.11. The van der Waals surface area contributed by atoms with Crippen molar-refractivity contribution in [2.24, 2.45) is 5.73 Å². The smallest absolute Gasteiger partial charge is 0.354 e. The molecular weight excluding hydrogens is 390 g/mol. The number of pyridine rings is 1. The largest absolute Gasteiger partial charge is 0.477 e. The normalized spacial score (nSPS) is 10.4. The maximum absolute atomic E-state index is 11.3. The summed E-state index contributed by atoms with van der Waals surface area (Å²) >= 11 is 3.26. The lowest BCUT2D eigenvalue weighted by Gasteiger charge is -2.21. The molecule has 0 fully saturated rings. The molecule has 0 unspecified atom stereocenters. The fraction of sp³-hybridized carbons (Fsp3) is 0.529. The zero-order valence-corrected chi connectivity index (χ0v) is 16.4. The number of hydrogen-bond donors (Lipinski definition) is 3. The molecule has 25 heavy (non-hydrogen) atoms. The van der Waals surface area contributed by atoms with E-state index >= 15 is 0 Å². The molecule has 3 amide bonds. The second-order valence-corrected chi connectivity index (χ2v) is 6.97. The molecule has 0 atom stereocenters. The highest BCUT2D eigenvalue weighted by Crippen LogP contribution is 2.26. The number of carbonyl (C=O) groups is 3. The maximum Gasteiger partial charge on any atom is 0.354 e. The fourth-order valence-electron chi connectivity index (χ4n) is 1.87. The summed E-state index contributed by atoms with van der Waals surface area (Å²) in [4.78, 5) is 35.9. The molecule has 4 N–H and O–H groups in total. The molecule has 0 saturated carbocycles. The molecule has 1 aromatic heterocycles. The number of rotatable bonds is 7. The summed E-state index contributed by atoms with van der Waals surface area (Å²) in [6.07, 6.45) is 6.10. The third kappa shape index (κ3) is 8.62. The molecule has 140 valence electrons. The minimum absolute atomic E-state index is 0.111. The molecule has 8 heteroatoms. The van der Waals surface area contributed by atoms with Gasteiger partial charge in [-0.2, -0.15) is 0 Å². The number of nitrogens with two attached hydrogens (primary N) is 1. The number of primary amides is 1. The first-order valence-electron chi connectivity index (χ1n) is 8.18. The van der Waals surface area contributed by atoms with Crippen LogP contribution in [0.15, 0.2) is 18.3 Å². The summed E-state index contributed by atoms with van der Waals surface area (Å²) in [7, 11) is 0. The fourth-order valence-corrected chi connectivity index (χ4v) is 1.97. The number of nitrogens with one attached hydrogen (secondary N) is 1. The van der Waals surface area contributed by atoms with Crippen LogP contribution < -0.4 is 11.1 Å². The van der Waals surface area contributed by atoms with E-state index in [4.69, 9.17) is 10.8 Å². The summed E-state index contributed by atoms with van der Waals surface area (Å²) < 4.78 is -0.665. The van der Waals surface area contributed by atoms with Crippen LogP contribution in [-0.4, -0.2) is 32.3 Å². The molecule has 0 aliphatic carbocycles. The highest BCUT2D eigenvalue weighted by molar-refractivity contribution is 9.10. The molecule has 0 spiro atoms. The van der Waals surface area contributed by atoms with E-state index in [2.05, 4.69) is 27.8 Å². The zero-order valence-electron chi connectivity index (χ0n) is 14.8. The minimum atomic E-state index is -0.970. The number of hydrogen-bond acceptors (Lipinski definition) is 4. The van der Waals surface area contributed by atoms with Gasteiger partial charge in [-0.1, -0.05) is 49.2 Å². The summed E-state index contributed by atoms with van der Waals surface area (Å²) in [5, 5.41) is 10.6. The summed E-state index contributed by atoms with van der Waals surface area (Å²) in [5.41, 5.74) is 6.02. The molecule has 0 aromatic carbocycles. The first-order valence-corrected chi connectivity index (χ1v) is 8.97. The van der Waals surface area contributed by atoms with E-state index in [0.717, 1.165) is 24.8 Å². The monoisotopic (exact) mass is 415 g/mol. The number of imide groups is 1. The first kappa shape index (κ1) is 23.0. The number of halogens is 1. The first-order chi connectivity index (χ1) is 11.7. The van der Waals surface area contributed by atoms with Crippen LogP contribution in [-0.2, 0) is 11.2 Å². The van der Waals surface area contributed by atoms with E-state index in [9.17, 15) is 14.4 Å². The summed E-state index contributed by atoms with van der Waals surface area (Å²) in [5.74, 6) is -1.35. The van der Waals surface area contributed by atoms with Crippen molar-refractivity contribution in [1.29, 1.82) is 0 Å². The Morgan fingerprint density at radius 2 is 1.84 bits per heavy atom. The predicted octanol–water partition coefficient (Wildman–Crippen LogP) is 3.26. The molecule has 1 heterocycles. The van der Waals surface area contributed by atoms with Gasteiger partial charge < -0.3 is 10.8 Å². The Hall–Kier alpha value is -1.96. The van der Waals surface area contributed by atoms with Crippen LogP contribution in [0, 0.1) is 0 Å². The average molecular weight is 416 g/mol. The van der Waals surface area contributed by atoms with Crippen LogP contribution in [0.25, 0.3) is 0 Å². The molecule has 1 rings (SSSR count). The second kappa shape index (κ2) is 11.6. The SMILES string of the molecule is CCC(Br)(CC)C(=O)NC(N)=O.CCCCc1ccc(C(=O)O)nc1. The van der Waals surface area contributed by atoms with Crippen LogP contribution in [0.2, 0.25) is 0 Å². The lowest BCUT2D eigenvalue weighted by molar-refractivity contribution is -0.122. The average Bonchev–Trinajstić information content (AvgIpc) is 2.59. The van der Waals surface area contributed by atoms with Crippen molar-refractivity contribution in [3.8, 4) is 0 Å². The molecule has 7 nitrogen and oxygen atoms in total. The van der Waals surface area contributed by atoms with Gasteiger partial charge in [-0.15, -0.1) is 0 Å². The zero-order chi connectivity index (χ0) is 19.5. The van der Waals surface area contributed by atoms with E-state index in [1.165, 1.54) is 0 Å². The van der Waals surface area contributed by atoms with Gasteiger partial charge in [-0.3, -0.25) is 10.1 Å². The summed E-state index contributed by atoms with van der Waals surface area (Å²) in [6, 6.07) is 2.56. The molecule has 0 bridgehead atoms. The van der Waals surface area contributed by atoms with Gasteiger partial charge in [0.05, 0.1) is 0 Å². The lowest BCUT2D eigenvalue weighted by Crippen LogP contribution is -2.46. The number of alkyl halides is 1. The van der Waals surface area contributed by atoms with Crippen LogP contribution in [0.1, 0.15) is 62.5 Å². The van der Waals surface area contributed by atoms with Gasteiger partial charge in [0, 0.05) is 6.20 Å². The van der Waals surface area contributed by atoms with E-state index in [-0.39, 0.29) is 11.6 Å². The molecule has 0 aliphatic rings. The standard InChI is InChI=1S/C10H13NO2.C7H13BrN2O2/c1-2-3-4-8-5-6-9(10(12)13)11-7-8;1-3-7(8,4-2)5(11)10-6(9)12/h5-7H,2-4H2,1H3,(H,12,13);3-4H2,1-2H3,(H3,9,10,11,12). The van der Waals surface area contributed by atoms with Gasteiger partial charge in [0.15, 0.2) is 0 Å². The van der Waals surface area contributed by atoms with Gasteiger partial charge in [0.2, 0.25) is 5.91 Å². The van der Waals surface area contributed by atoms with Crippen molar-refractivity contribution in [3.63, 3.8) is 0 Å². The van der Waals surface area contributed by atoms with Crippen molar-refractivity contribution < 1.29 is 19.5 Å². The molecule has 0 saturated heterocycles. The van der Waals surface area contributed by atoms with Crippen LogP contribution in [0.4, 0.5) is 4.79 Å². The van der Waals surface area contributed by atoms with E-state index in [0.29, 0.717) is 12.8 Å². The number of aryl methyl sites for hydroxylation is 1.